The first-order chi connectivity index (χ1) is 19.8. The molecular weight excluding hydrogens is 492 g/mol. The van der Waals surface area contributed by atoms with Gasteiger partial charge in [-0.25, -0.2) is 4.79 Å². The molecule has 0 amide bonds. The molecule has 0 unspecified atom stereocenters. The van der Waals surface area contributed by atoms with Crippen molar-refractivity contribution in [1.29, 1.82) is 0 Å². The van der Waals surface area contributed by atoms with Gasteiger partial charge in [-0.15, -0.1) is 0 Å². The highest BCUT2D eigenvalue weighted by Gasteiger charge is 2.03. The molecule has 0 atom stereocenters. The summed E-state index contributed by atoms with van der Waals surface area (Å²) in [6, 6.07) is 0. The Morgan fingerprint density at radius 2 is 0.625 bits per heavy atom. The molecule has 0 heterocycles. The molecule has 0 aromatic rings. The second kappa shape index (κ2) is 35.8. The van der Waals surface area contributed by atoms with E-state index < -0.39 is 6.16 Å². The SMILES string of the molecule is CCCCCCCC/C=C/CCCCCCCCOC(=O)OCCCCCCCC/C=C/CCCCCCCC. The normalized spacial score (nSPS) is 11.7. The van der Waals surface area contributed by atoms with Gasteiger partial charge in [0.25, 0.3) is 0 Å². The summed E-state index contributed by atoms with van der Waals surface area (Å²) in [6.45, 7) is 5.54. The molecular formula is C37H70O3. The van der Waals surface area contributed by atoms with Gasteiger partial charge in [-0.1, -0.05) is 154 Å². The van der Waals surface area contributed by atoms with Crippen molar-refractivity contribution >= 4 is 6.16 Å². The average Bonchev–Trinajstić information content (AvgIpc) is 2.96. The molecule has 0 N–H and O–H groups in total. The second-order valence-corrected chi connectivity index (χ2v) is 11.8. The monoisotopic (exact) mass is 563 g/mol. The zero-order valence-corrected chi connectivity index (χ0v) is 27.2. The number of ether oxygens (including phenoxy) is 2. The molecule has 3 heteroatoms. The summed E-state index contributed by atoms with van der Waals surface area (Å²) in [4.78, 5) is 11.7. The highest BCUT2D eigenvalue weighted by atomic mass is 16.7. The summed E-state index contributed by atoms with van der Waals surface area (Å²) in [5, 5.41) is 0. The van der Waals surface area contributed by atoms with Crippen LogP contribution in [0, 0.1) is 0 Å². The molecule has 0 spiro atoms. The third kappa shape index (κ3) is 34.8. The Balaban J connectivity index is 3.22. The zero-order valence-electron chi connectivity index (χ0n) is 27.2. The lowest BCUT2D eigenvalue weighted by molar-refractivity contribution is 0.0529. The van der Waals surface area contributed by atoms with E-state index in [1.54, 1.807) is 0 Å². The van der Waals surface area contributed by atoms with Crippen LogP contribution < -0.4 is 0 Å². The minimum atomic E-state index is -0.486. The van der Waals surface area contributed by atoms with Crippen LogP contribution in [0.4, 0.5) is 4.79 Å². The highest BCUT2D eigenvalue weighted by molar-refractivity contribution is 5.59. The van der Waals surface area contributed by atoms with Crippen LogP contribution in [0.5, 0.6) is 0 Å². The number of hydrogen-bond acceptors (Lipinski definition) is 3. The Bertz CT molecular complexity index is 494. The number of hydrogen-bond donors (Lipinski definition) is 0. The summed E-state index contributed by atoms with van der Waals surface area (Å²) < 4.78 is 10.4. The van der Waals surface area contributed by atoms with Crippen LogP contribution in [0.25, 0.3) is 0 Å². The summed E-state index contributed by atoms with van der Waals surface area (Å²) in [6.07, 6.45) is 45.0. The standard InChI is InChI=1S/C37H70O3/c1-3-5-7-9-11-13-15-17-19-21-23-25-27-29-31-33-35-39-37(38)40-36-34-32-30-28-26-24-22-20-18-16-14-12-10-8-6-4-2/h17-20H,3-16,21-36H2,1-2H3/b19-17+,20-18+. The summed E-state index contributed by atoms with van der Waals surface area (Å²) in [5.74, 6) is 0. The van der Waals surface area contributed by atoms with Crippen LogP contribution in [0.2, 0.25) is 0 Å². The van der Waals surface area contributed by atoms with Gasteiger partial charge < -0.3 is 9.47 Å². The quantitative estimate of drug-likeness (QED) is 0.0464. The van der Waals surface area contributed by atoms with E-state index in [1.807, 2.05) is 0 Å². The predicted octanol–water partition coefficient (Wildman–Crippen LogP) is 13.2. The van der Waals surface area contributed by atoms with E-state index in [9.17, 15) is 4.79 Å². The highest BCUT2D eigenvalue weighted by Crippen LogP contribution is 2.12. The molecule has 0 rings (SSSR count). The lowest BCUT2D eigenvalue weighted by Crippen LogP contribution is -2.09. The van der Waals surface area contributed by atoms with Gasteiger partial charge >= 0.3 is 6.16 Å². The molecule has 0 saturated carbocycles. The van der Waals surface area contributed by atoms with E-state index in [4.69, 9.17) is 9.47 Å². The third-order valence-electron chi connectivity index (χ3n) is 7.75. The molecule has 3 nitrogen and oxygen atoms in total. The second-order valence-electron chi connectivity index (χ2n) is 11.8. The molecule has 0 fully saturated rings. The van der Waals surface area contributed by atoms with E-state index in [0.29, 0.717) is 13.2 Å². The van der Waals surface area contributed by atoms with Gasteiger partial charge in [-0.2, -0.15) is 0 Å². The number of unbranched alkanes of at least 4 members (excludes halogenated alkanes) is 24. The van der Waals surface area contributed by atoms with Gasteiger partial charge in [0.2, 0.25) is 0 Å². The van der Waals surface area contributed by atoms with Gasteiger partial charge in [0.05, 0.1) is 13.2 Å². The fourth-order valence-electron chi connectivity index (χ4n) is 5.05. The first-order valence-electron chi connectivity index (χ1n) is 17.9. The van der Waals surface area contributed by atoms with E-state index in [-0.39, 0.29) is 0 Å². The fraction of sp³-hybridized carbons (Fsp3) is 0.865. The Kier molecular flexibility index (Phi) is 34.7. The summed E-state index contributed by atoms with van der Waals surface area (Å²) in [5.41, 5.74) is 0. The molecule has 0 saturated heterocycles. The van der Waals surface area contributed by atoms with Gasteiger partial charge in [0, 0.05) is 0 Å². The fourth-order valence-corrected chi connectivity index (χ4v) is 5.05. The van der Waals surface area contributed by atoms with Crippen molar-refractivity contribution in [2.24, 2.45) is 0 Å². The zero-order chi connectivity index (χ0) is 29.0. The maximum atomic E-state index is 11.7. The molecule has 0 radical (unpaired) electrons. The van der Waals surface area contributed by atoms with Crippen LogP contribution >= 0.6 is 0 Å². The summed E-state index contributed by atoms with van der Waals surface area (Å²) >= 11 is 0. The van der Waals surface area contributed by atoms with Crippen molar-refractivity contribution in [1.82, 2.24) is 0 Å². The van der Waals surface area contributed by atoms with Crippen molar-refractivity contribution in [3.05, 3.63) is 24.3 Å². The predicted molar refractivity (Wildman–Crippen MR) is 176 cm³/mol. The van der Waals surface area contributed by atoms with Gasteiger partial charge in [-0.3, -0.25) is 0 Å². The molecule has 40 heavy (non-hydrogen) atoms. The minimum Gasteiger partial charge on any atom is -0.434 e. The number of allylic oxidation sites excluding steroid dienone is 4. The third-order valence-corrected chi connectivity index (χ3v) is 7.75. The summed E-state index contributed by atoms with van der Waals surface area (Å²) in [7, 11) is 0. The number of carbonyl (C=O) groups is 1. The van der Waals surface area contributed by atoms with Crippen molar-refractivity contribution in [3.8, 4) is 0 Å². The number of rotatable bonds is 32. The Labute approximate surface area is 251 Å². The van der Waals surface area contributed by atoms with Gasteiger partial charge in [0.1, 0.15) is 0 Å². The lowest BCUT2D eigenvalue weighted by Gasteiger charge is -2.06. The molecule has 0 aliphatic rings. The molecule has 0 aliphatic carbocycles. The minimum absolute atomic E-state index is 0.486. The van der Waals surface area contributed by atoms with Crippen LogP contribution in [-0.2, 0) is 9.47 Å². The van der Waals surface area contributed by atoms with Gasteiger partial charge in [-0.05, 0) is 64.2 Å². The molecule has 0 aromatic carbocycles. The Hall–Kier alpha value is -1.25. The van der Waals surface area contributed by atoms with E-state index >= 15 is 0 Å². The van der Waals surface area contributed by atoms with Crippen LogP contribution in [-0.4, -0.2) is 19.4 Å². The Morgan fingerprint density at radius 1 is 0.375 bits per heavy atom. The van der Waals surface area contributed by atoms with Crippen molar-refractivity contribution in [2.45, 2.75) is 194 Å². The average molecular weight is 563 g/mol. The van der Waals surface area contributed by atoms with Crippen molar-refractivity contribution in [2.75, 3.05) is 13.2 Å². The van der Waals surface area contributed by atoms with Crippen LogP contribution in [0.1, 0.15) is 194 Å². The van der Waals surface area contributed by atoms with Gasteiger partial charge in [0.15, 0.2) is 0 Å². The van der Waals surface area contributed by atoms with Crippen LogP contribution in [0.3, 0.4) is 0 Å². The largest absolute Gasteiger partial charge is 0.508 e. The van der Waals surface area contributed by atoms with E-state index in [0.717, 1.165) is 25.7 Å². The first-order valence-corrected chi connectivity index (χ1v) is 17.9. The number of carbonyl (C=O) groups excluding carboxylic acids is 1. The lowest BCUT2D eigenvalue weighted by atomic mass is 10.1. The first kappa shape index (κ1) is 38.8. The molecule has 0 aliphatic heterocycles. The maximum absolute atomic E-state index is 11.7. The van der Waals surface area contributed by atoms with Crippen molar-refractivity contribution in [3.63, 3.8) is 0 Å². The molecule has 236 valence electrons. The smallest absolute Gasteiger partial charge is 0.434 e. The molecule has 0 aromatic heterocycles. The van der Waals surface area contributed by atoms with E-state index in [2.05, 4.69) is 38.2 Å². The van der Waals surface area contributed by atoms with Crippen LogP contribution in [0.15, 0.2) is 24.3 Å². The van der Waals surface area contributed by atoms with E-state index in [1.165, 1.54) is 154 Å². The van der Waals surface area contributed by atoms with Crippen molar-refractivity contribution < 1.29 is 14.3 Å². The topological polar surface area (TPSA) is 35.5 Å². The molecule has 0 bridgehead atoms. The Morgan fingerprint density at radius 3 is 0.925 bits per heavy atom. The maximum Gasteiger partial charge on any atom is 0.508 e.